The minimum absolute atomic E-state index is 0.0927. The van der Waals surface area contributed by atoms with E-state index in [0.29, 0.717) is 24.7 Å². The molecule has 114 valence electrons. The van der Waals surface area contributed by atoms with Gasteiger partial charge in [-0.3, -0.25) is 0 Å². The van der Waals surface area contributed by atoms with Crippen molar-refractivity contribution in [3.8, 4) is 10.7 Å². The van der Waals surface area contributed by atoms with Gasteiger partial charge in [0, 0.05) is 25.4 Å². The van der Waals surface area contributed by atoms with Crippen LogP contribution in [0.15, 0.2) is 22.0 Å². The van der Waals surface area contributed by atoms with Crippen LogP contribution in [-0.4, -0.2) is 40.6 Å². The topological polar surface area (TPSA) is 80.4 Å². The molecule has 2 N–H and O–H groups in total. The third-order valence-corrected chi connectivity index (χ3v) is 4.73. The van der Waals surface area contributed by atoms with Gasteiger partial charge in [-0.15, -0.1) is 11.3 Å². The van der Waals surface area contributed by atoms with Crippen LogP contribution in [0.25, 0.3) is 10.7 Å². The highest BCUT2D eigenvalue weighted by Gasteiger charge is 2.31. The number of hydrogen-bond donors (Lipinski definition) is 2. The molecule has 0 aromatic carbocycles. The first-order valence-electron chi connectivity index (χ1n) is 7.11. The summed E-state index contributed by atoms with van der Waals surface area (Å²) in [6.45, 7) is 2.12. The molecule has 0 spiro atoms. The molecular formula is C14H19N3O3S. The fourth-order valence-electron chi connectivity index (χ4n) is 2.59. The predicted molar refractivity (Wildman–Crippen MR) is 78.9 cm³/mol. The largest absolute Gasteiger partial charge is 0.396 e. The average Bonchev–Trinajstić information content (AvgIpc) is 3.18. The Morgan fingerprint density at radius 1 is 1.38 bits per heavy atom. The molecule has 6 nitrogen and oxygen atoms in total. The van der Waals surface area contributed by atoms with Gasteiger partial charge in [-0.1, -0.05) is 11.2 Å². The van der Waals surface area contributed by atoms with E-state index in [1.54, 1.807) is 11.3 Å². The molecule has 0 bridgehead atoms. The van der Waals surface area contributed by atoms with E-state index in [9.17, 15) is 5.11 Å². The van der Waals surface area contributed by atoms with Crippen LogP contribution in [0.5, 0.6) is 0 Å². The first kappa shape index (κ1) is 14.6. The van der Waals surface area contributed by atoms with Gasteiger partial charge in [-0.05, 0) is 30.7 Å². The average molecular weight is 309 g/mol. The summed E-state index contributed by atoms with van der Waals surface area (Å²) in [6, 6.07) is 3.94. The maximum Gasteiger partial charge on any atom is 0.240 e. The summed E-state index contributed by atoms with van der Waals surface area (Å²) in [5, 5.41) is 18.7. The van der Waals surface area contributed by atoms with Gasteiger partial charge in [0.15, 0.2) is 0 Å². The lowest BCUT2D eigenvalue weighted by molar-refractivity contribution is 0.0256. The molecule has 1 saturated heterocycles. The van der Waals surface area contributed by atoms with Crippen LogP contribution in [0, 0.1) is 0 Å². The summed E-state index contributed by atoms with van der Waals surface area (Å²) in [4.78, 5) is 5.41. The fourth-order valence-corrected chi connectivity index (χ4v) is 3.24. The second-order valence-corrected chi connectivity index (χ2v) is 6.16. The Labute approximate surface area is 127 Å². The number of aliphatic hydroxyl groups is 1. The number of hydrogen-bond acceptors (Lipinski definition) is 7. The Morgan fingerprint density at radius 3 is 2.95 bits per heavy atom. The van der Waals surface area contributed by atoms with E-state index in [2.05, 4.69) is 15.5 Å². The molecule has 0 atom stereocenters. The van der Waals surface area contributed by atoms with E-state index in [1.165, 1.54) is 0 Å². The Bertz CT molecular complexity index is 544. The van der Waals surface area contributed by atoms with E-state index in [0.717, 1.165) is 30.9 Å². The summed E-state index contributed by atoms with van der Waals surface area (Å²) >= 11 is 1.59. The minimum Gasteiger partial charge on any atom is -0.396 e. The first-order valence-corrected chi connectivity index (χ1v) is 7.99. The van der Waals surface area contributed by atoms with E-state index in [4.69, 9.17) is 9.26 Å². The number of nitrogens with zero attached hydrogens (tertiary/aromatic N) is 2. The van der Waals surface area contributed by atoms with Crippen LogP contribution >= 0.6 is 11.3 Å². The summed E-state index contributed by atoms with van der Waals surface area (Å²) in [5.74, 6) is 1.20. The molecule has 0 saturated carbocycles. The maximum absolute atomic E-state index is 9.28. The lowest BCUT2D eigenvalue weighted by Gasteiger charge is -2.37. The molecule has 3 heterocycles. The van der Waals surface area contributed by atoms with Gasteiger partial charge >= 0.3 is 0 Å². The number of aromatic nitrogens is 2. The van der Waals surface area contributed by atoms with Crippen LogP contribution < -0.4 is 5.32 Å². The zero-order chi connectivity index (χ0) is 14.5. The zero-order valence-corrected chi connectivity index (χ0v) is 12.6. The minimum atomic E-state index is -0.0927. The molecule has 0 aliphatic carbocycles. The Kier molecular flexibility index (Phi) is 4.64. The lowest BCUT2D eigenvalue weighted by Crippen LogP contribution is -2.49. The Balaban J connectivity index is 1.63. The summed E-state index contributed by atoms with van der Waals surface area (Å²) in [6.07, 6.45) is 2.49. The zero-order valence-electron chi connectivity index (χ0n) is 11.7. The molecule has 0 unspecified atom stereocenters. The van der Waals surface area contributed by atoms with Gasteiger partial charge in [0.2, 0.25) is 11.7 Å². The van der Waals surface area contributed by atoms with Gasteiger partial charge in [-0.25, -0.2) is 0 Å². The predicted octanol–water partition coefficient (Wildman–Crippen LogP) is 1.82. The van der Waals surface area contributed by atoms with Crippen molar-refractivity contribution in [3.63, 3.8) is 0 Å². The Morgan fingerprint density at radius 2 is 2.24 bits per heavy atom. The van der Waals surface area contributed by atoms with E-state index >= 15 is 0 Å². The third kappa shape index (κ3) is 3.49. The number of aliphatic hydroxyl groups excluding tert-OH is 1. The summed E-state index contributed by atoms with van der Waals surface area (Å²) in [5.41, 5.74) is -0.0927. The third-order valence-electron chi connectivity index (χ3n) is 3.86. The van der Waals surface area contributed by atoms with Crippen molar-refractivity contribution in [1.82, 2.24) is 15.5 Å². The maximum atomic E-state index is 9.28. The van der Waals surface area contributed by atoms with E-state index in [-0.39, 0.29) is 12.1 Å². The molecule has 1 aliphatic heterocycles. The van der Waals surface area contributed by atoms with Crippen molar-refractivity contribution in [2.24, 2.45) is 0 Å². The van der Waals surface area contributed by atoms with Gasteiger partial charge in [0.25, 0.3) is 0 Å². The summed E-state index contributed by atoms with van der Waals surface area (Å²) in [7, 11) is 0. The number of nitrogens with one attached hydrogen (secondary N) is 1. The number of thiophene rings is 1. The molecule has 0 radical (unpaired) electrons. The Hall–Kier alpha value is -1.28. The van der Waals surface area contributed by atoms with Gasteiger partial charge in [-0.2, -0.15) is 4.98 Å². The lowest BCUT2D eigenvalue weighted by atomic mass is 9.87. The molecule has 3 rings (SSSR count). The van der Waals surface area contributed by atoms with E-state index in [1.807, 2.05) is 17.5 Å². The standard InChI is InChI=1S/C14H19N3O3S/c18-6-3-14(4-7-19-8-5-14)15-10-12-16-13(17-20-12)11-2-1-9-21-11/h1-2,9,15,18H,3-8,10H2. The van der Waals surface area contributed by atoms with E-state index < -0.39 is 0 Å². The van der Waals surface area contributed by atoms with Crippen LogP contribution in [0.3, 0.4) is 0 Å². The normalized spacial score (nSPS) is 18.0. The highest BCUT2D eigenvalue weighted by Crippen LogP contribution is 2.25. The van der Waals surface area contributed by atoms with Crippen LogP contribution in [0.1, 0.15) is 25.2 Å². The molecule has 1 aliphatic rings. The van der Waals surface area contributed by atoms with Crippen molar-refractivity contribution < 1.29 is 14.4 Å². The van der Waals surface area contributed by atoms with Crippen molar-refractivity contribution in [2.45, 2.75) is 31.3 Å². The highest BCUT2D eigenvalue weighted by molar-refractivity contribution is 7.13. The molecule has 2 aromatic heterocycles. The van der Waals surface area contributed by atoms with Crippen molar-refractivity contribution in [2.75, 3.05) is 19.8 Å². The molecule has 2 aromatic rings. The molecular weight excluding hydrogens is 290 g/mol. The van der Waals surface area contributed by atoms with Gasteiger partial charge in [0.1, 0.15) is 0 Å². The smallest absolute Gasteiger partial charge is 0.240 e. The van der Waals surface area contributed by atoms with Crippen LogP contribution in [0.4, 0.5) is 0 Å². The molecule has 7 heteroatoms. The van der Waals surface area contributed by atoms with Crippen LogP contribution in [0.2, 0.25) is 0 Å². The number of rotatable bonds is 6. The van der Waals surface area contributed by atoms with Crippen LogP contribution in [-0.2, 0) is 11.3 Å². The molecule has 1 fully saturated rings. The second kappa shape index (κ2) is 6.65. The molecule has 0 amide bonds. The van der Waals surface area contributed by atoms with Crippen molar-refractivity contribution in [1.29, 1.82) is 0 Å². The highest BCUT2D eigenvalue weighted by atomic mass is 32.1. The quantitative estimate of drug-likeness (QED) is 0.847. The monoisotopic (exact) mass is 309 g/mol. The van der Waals surface area contributed by atoms with Gasteiger partial charge in [0.05, 0.1) is 11.4 Å². The first-order chi connectivity index (χ1) is 10.3. The SMILES string of the molecule is OCCC1(NCc2nc(-c3cccs3)no2)CCOCC1. The molecule has 21 heavy (non-hydrogen) atoms. The summed E-state index contributed by atoms with van der Waals surface area (Å²) < 4.78 is 10.7. The van der Waals surface area contributed by atoms with Gasteiger partial charge < -0.3 is 19.7 Å². The van der Waals surface area contributed by atoms with Crippen molar-refractivity contribution >= 4 is 11.3 Å². The number of ether oxygens (including phenoxy) is 1. The fraction of sp³-hybridized carbons (Fsp3) is 0.571. The van der Waals surface area contributed by atoms with Crippen molar-refractivity contribution in [3.05, 3.63) is 23.4 Å². The second-order valence-electron chi connectivity index (χ2n) is 5.21.